The summed E-state index contributed by atoms with van der Waals surface area (Å²) in [7, 11) is 0. The zero-order chi connectivity index (χ0) is 13.2. The van der Waals surface area contributed by atoms with E-state index in [0.717, 1.165) is 11.8 Å². The van der Waals surface area contributed by atoms with E-state index in [-0.39, 0.29) is 0 Å². The first-order valence-corrected chi connectivity index (χ1v) is 6.82. The van der Waals surface area contributed by atoms with Gasteiger partial charge >= 0.3 is 0 Å². The molecule has 0 aromatic rings. The normalized spacial score (nSPS) is 39.4. The minimum atomic E-state index is 0.355. The van der Waals surface area contributed by atoms with Crippen LogP contribution in [0.25, 0.3) is 0 Å². The van der Waals surface area contributed by atoms with Crippen molar-refractivity contribution < 1.29 is 0 Å². The molecule has 0 aliphatic heterocycles. The van der Waals surface area contributed by atoms with Crippen LogP contribution in [0.1, 0.15) is 69.2 Å². The average Bonchev–Trinajstić information content (AvgIpc) is 2.12. The van der Waals surface area contributed by atoms with Crippen LogP contribution in [0.2, 0.25) is 0 Å². The lowest BCUT2D eigenvalue weighted by Crippen LogP contribution is -2.67. The molecular weight excluding hydrogens is 192 g/mol. The Kier molecular flexibility index (Phi) is 2.87. The molecule has 1 saturated carbocycles. The topological polar surface area (TPSA) is 0 Å². The van der Waals surface area contributed by atoms with Crippen molar-refractivity contribution in [2.24, 2.45) is 33.5 Å². The molecule has 96 valence electrons. The zero-order valence-corrected chi connectivity index (χ0v) is 13.2. The maximum atomic E-state index is 2.52. The highest BCUT2D eigenvalue weighted by molar-refractivity contribution is 5.15. The van der Waals surface area contributed by atoms with Gasteiger partial charge in [-0.05, 0) is 33.5 Å². The second-order valence-electron chi connectivity index (χ2n) is 8.38. The summed E-state index contributed by atoms with van der Waals surface area (Å²) in [6.45, 7) is 24.4. The van der Waals surface area contributed by atoms with E-state index in [2.05, 4.69) is 69.2 Å². The van der Waals surface area contributed by atoms with E-state index >= 15 is 0 Å². The van der Waals surface area contributed by atoms with Crippen molar-refractivity contribution in [3.63, 3.8) is 0 Å². The lowest BCUT2D eigenvalue weighted by molar-refractivity contribution is -0.253. The van der Waals surface area contributed by atoms with Gasteiger partial charge in [0.25, 0.3) is 0 Å². The monoisotopic (exact) mass is 224 g/mol. The Morgan fingerprint density at radius 1 is 0.750 bits per heavy atom. The van der Waals surface area contributed by atoms with Crippen molar-refractivity contribution >= 4 is 0 Å². The van der Waals surface area contributed by atoms with E-state index in [9.17, 15) is 0 Å². The first-order valence-electron chi connectivity index (χ1n) is 6.82. The Morgan fingerprint density at radius 2 is 1.12 bits per heavy atom. The zero-order valence-electron chi connectivity index (χ0n) is 13.2. The molecule has 0 N–H and O–H groups in total. The summed E-state index contributed by atoms with van der Waals surface area (Å²) >= 11 is 0. The molecule has 16 heavy (non-hydrogen) atoms. The van der Waals surface area contributed by atoms with Crippen molar-refractivity contribution in [1.82, 2.24) is 0 Å². The highest BCUT2D eigenvalue weighted by Crippen LogP contribution is 2.73. The van der Waals surface area contributed by atoms with Crippen LogP contribution < -0.4 is 0 Å². The number of rotatable bonds is 1. The average molecular weight is 224 g/mol. The standard InChI is InChI=1S/C16H32/c1-11-12(2)16(10,14(11,6)7)15(8,9)13(3,4)5/h11-12H,1-10H3. The summed E-state index contributed by atoms with van der Waals surface area (Å²) in [4.78, 5) is 0. The Morgan fingerprint density at radius 3 is 1.38 bits per heavy atom. The van der Waals surface area contributed by atoms with Crippen molar-refractivity contribution in [1.29, 1.82) is 0 Å². The molecule has 1 fully saturated rings. The molecule has 0 heteroatoms. The van der Waals surface area contributed by atoms with Crippen LogP contribution in [-0.2, 0) is 0 Å². The second kappa shape index (κ2) is 3.27. The highest BCUT2D eigenvalue weighted by Gasteiger charge is 2.68. The van der Waals surface area contributed by atoms with E-state index in [4.69, 9.17) is 0 Å². The predicted octanol–water partition coefficient (Wildman–Crippen LogP) is 5.38. The maximum absolute atomic E-state index is 2.52. The van der Waals surface area contributed by atoms with Gasteiger partial charge in [-0.1, -0.05) is 69.2 Å². The van der Waals surface area contributed by atoms with Crippen LogP contribution in [-0.4, -0.2) is 0 Å². The molecule has 0 amide bonds. The lowest BCUT2D eigenvalue weighted by atomic mass is 9.31. The summed E-state index contributed by atoms with van der Waals surface area (Å²) in [5.41, 5.74) is 1.59. The van der Waals surface area contributed by atoms with Crippen LogP contribution >= 0.6 is 0 Å². The molecule has 1 aliphatic carbocycles. The van der Waals surface area contributed by atoms with Gasteiger partial charge in [0, 0.05) is 0 Å². The SMILES string of the molecule is CC1C(C)C(C)(C(C)(C)C(C)(C)C)C1(C)C. The molecule has 3 atom stereocenters. The first kappa shape index (κ1) is 14.1. The smallest absolute Gasteiger partial charge is 0.0187 e. The Bertz CT molecular complexity index is 277. The van der Waals surface area contributed by atoms with E-state index < -0.39 is 0 Å². The molecule has 3 unspecified atom stereocenters. The third-order valence-corrected chi connectivity index (χ3v) is 7.31. The van der Waals surface area contributed by atoms with Crippen LogP contribution in [0.5, 0.6) is 0 Å². The molecule has 0 radical (unpaired) electrons. The second-order valence-corrected chi connectivity index (χ2v) is 8.38. The minimum absolute atomic E-state index is 0.355. The summed E-state index contributed by atoms with van der Waals surface area (Å²) < 4.78 is 0. The molecule has 1 rings (SSSR count). The molecule has 0 heterocycles. The van der Waals surface area contributed by atoms with E-state index in [1.165, 1.54) is 0 Å². The van der Waals surface area contributed by atoms with Crippen LogP contribution in [0.15, 0.2) is 0 Å². The van der Waals surface area contributed by atoms with Crippen molar-refractivity contribution in [2.45, 2.75) is 69.2 Å². The molecule has 0 spiro atoms. The predicted molar refractivity (Wildman–Crippen MR) is 73.5 cm³/mol. The van der Waals surface area contributed by atoms with Gasteiger partial charge in [-0.3, -0.25) is 0 Å². The lowest BCUT2D eigenvalue weighted by Gasteiger charge is -2.73. The van der Waals surface area contributed by atoms with Gasteiger partial charge < -0.3 is 0 Å². The molecule has 0 bridgehead atoms. The van der Waals surface area contributed by atoms with Gasteiger partial charge in [-0.15, -0.1) is 0 Å². The fraction of sp³-hybridized carbons (Fsp3) is 1.00. The Hall–Kier alpha value is 0. The first-order chi connectivity index (χ1) is 6.82. The van der Waals surface area contributed by atoms with Crippen LogP contribution in [0.4, 0.5) is 0 Å². The Labute approximate surface area is 103 Å². The minimum Gasteiger partial charge on any atom is -0.0617 e. The van der Waals surface area contributed by atoms with Crippen LogP contribution in [0, 0.1) is 33.5 Å². The Balaban J connectivity index is 3.23. The maximum Gasteiger partial charge on any atom is -0.0187 e. The van der Waals surface area contributed by atoms with Gasteiger partial charge in [0.15, 0.2) is 0 Å². The third kappa shape index (κ3) is 1.28. The van der Waals surface area contributed by atoms with Gasteiger partial charge in [-0.25, -0.2) is 0 Å². The molecular formula is C16H32. The van der Waals surface area contributed by atoms with E-state index in [1.54, 1.807) is 0 Å². The fourth-order valence-electron chi connectivity index (χ4n) is 4.24. The molecule has 1 aliphatic rings. The largest absolute Gasteiger partial charge is 0.0617 e. The van der Waals surface area contributed by atoms with Gasteiger partial charge in [0.2, 0.25) is 0 Å². The summed E-state index contributed by atoms with van der Waals surface area (Å²) in [6.07, 6.45) is 0. The molecule has 0 nitrogen and oxygen atoms in total. The van der Waals surface area contributed by atoms with Crippen molar-refractivity contribution in [3.8, 4) is 0 Å². The fourth-order valence-corrected chi connectivity index (χ4v) is 4.24. The summed E-state index contributed by atoms with van der Waals surface area (Å²) in [5, 5.41) is 0. The number of hydrogen-bond acceptors (Lipinski definition) is 0. The van der Waals surface area contributed by atoms with Gasteiger partial charge in [0.05, 0.1) is 0 Å². The molecule has 0 aromatic carbocycles. The van der Waals surface area contributed by atoms with Gasteiger partial charge in [0.1, 0.15) is 0 Å². The summed E-state index contributed by atoms with van der Waals surface area (Å²) in [5.74, 6) is 1.65. The van der Waals surface area contributed by atoms with Crippen molar-refractivity contribution in [2.75, 3.05) is 0 Å². The van der Waals surface area contributed by atoms with Gasteiger partial charge in [-0.2, -0.15) is 0 Å². The molecule has 0 aromatic heterocycles. The third-order valence-electron chi connectivity index (χ3n) is 7.31. The quantitative estimate of drug-likeness (QED) is 0.561. The van der Waals surface area contributed by atoms with Crippen LogP contribution in [0.3, 0.4) is 0 Å². The number of hydrogen-bond donors (Lipinski definition) is 0. The summed E-state index contributed by atoms with van der Waals surface area (Å²) in [6, 6.07) is 0. The van der Waals surface area contributed by atoms with E-state index in [1.807, 2.05) is 0 Å². The highest BCUT2D eigenvalue weighted by atomic mass is 14.7. The van der Waals surface area contributed by atoms with E-state index in [0.29, 0.717) is 21.7 Å². The van der Waals surface area contributed by atoms with Crippen molar-refractivity contribution in [3.05, 3.63) is 0 Å². The molecule has 0 saturated heterocycles.